The lowest BCUT2D eigenvalue weighted by Gasteiger charge is -2.49. The fourth-order valence-corrected chi connectivity index (χ4v) is 5.46. The first-order valence-corrected chi connectivity index (χ1v) is 10.6. The molecule has 2 aromatic rings. The minimum absolute atomic E-state index is 0.241. The molecule has 1 aliphatic heterocycles. The van der Waals surface area contributed by atoms with Crippen molar-refractivity contribution < 1.29 is 13.9 Å². The molecule has 2 aromatic carbocycles. The van der Waals surface area contributed by atoms with Gasteiger partial charge in [0.15, 0.2) is 11.6 Å². The third-order valence-corrected chi connectivity index (χ3v) is 6.62. The standard InChI is InChI=1S/C23H27ClF2N2O/c1-22(2,29)21(14-6-4-3-5-7-14)23(15-8-10-16(24)11-9-15)27-19-12-17(25)18(26)13-20(19)28-23/h8-14,21,27-29H,3-7H2,1-2H3. The number of fused-ring (bicyclic) bond motifs is 1. The maximum Gasteiger partial charge on any atom is 0.161 e. The maximum atomic E-state index is 14.0. The summed E-state index contributed by atoms with van der Waals surface area (Å²) in [6.45, 7) is 3.63. The topological polar surface area (TPSA) is 44.3 Å². The van der Waals surface area contributed by atoms with Crippen LogP contribution in [0.5, 0.6) is 0 Å². The van der Waals surface area contributed by atoms with E-state index in [0.29, 0.717) is 16.4 Å². The second-order valence-corrected chi connectivity index (χ2v) is 9.34. The van der Waals surface area contributed by atoms with Gasteiger partial charge in [-0.05, 0) is 50.3 Å². The first-order valence-electron chi connectivity index (χ1n) is 10.2. The highest BCUT2D eigenvalue weighted by Crippen LogP contribution is 2.52. The molecule has 29 heavy (non-hydrogen) atoms. The monoisotopic (exact) mass is 420 g/mol. The van der Waals surface area contributed by atoms with Crippen LogP contribution < -0.4 is 10.6 Å². The molecule has 0 bridgehead atoms. The van der Waals surface area contributed by atoms with Gasteiger partial charge in [0.25, 0.3) is 0 Å². The molecule has 2 aliphatic rings. The summed E-state index contributed by atoms with van der Waals surface area (Å²) in [7, 11) is 0. The molecule has 4 rings (SSSR count). The van der Waals surface area contributed by atoms with Gasteiger partial charge in [-0.3, -0.25) is 0 Å². The van der Waals surface area contributed by atoms with Crippen molar-refractivity contribution in [2.45, 2.75) is 57.2 Å². The Morgan fingerprint density at radius 1 is 1.00 bits per heavy atom. The van der Waals surface area contributed by atoms with Gasteiger partial charge in [-0.2, -0.15) is 0 Å². The molecule has 3 N–H and O–H groups in total. The van der Waals surface area contributed by atoms with Crippen LogP contribution in [0.1, 0.15) is 51.5 Å². The Morgan fingerprint density at radius 2 is 1.52 bits per heavy atom. The van der Waals surface area contributed by atoms with E-state index in [9.17, 15) is 13.9 Å². The van der Waals surface area contributed by atoms with Gasteiger partial charge in [-0.15, -0.1) is 0 Å². The molecule has 3 nitrogen and oxygen atoms in total. The lowest BCUT2D eigenvalue weighted by atomic mass is 9.65. The summed E-state index contributed by atoms with van der Waals surface area (Å²) in [5, 5.41) is 18.8. The van der Waals surface area contributed by atoms with Crippen LogP contribution in [-0.2, 0) is 5.66 Å². The molecule has 1 atom stereocenters. The average molecular weight is 421 g/mol. The van der Waals surface area contributed by atoms with Gasteiger partial charge in [0.1, 0.15) is 5.66 Å². The highest BCUT2D eigenvalue weighted by molar-refractivity contribution is 6.30. The van der Waals surface area contributed by atoms with Gasteiger partial charge >= 0.3 is 0 Å². The van der Waals surface area contributed by atoms with Crippen molar-refractivity contribution in [3.8, 4) is 0 Å². The van der Waals surface area contributed by atoms with E-state index in [0.717, 1.165) is 31.2 Å². The molecule has 0 spiro atoms. The van der Waals surface area contributed by atoms with Crippen LogP contribution in [0.4, 0.5) is 20.2 Å². The number of hydrogen-bond donors (Lipinski definition) is 3. The Kier molecular flexibility index (Phi) is 5.24. The third-order valence-electron chi connectivity index (χ3n) is 6.37. The van der Waals surface area contributed by atoms with Crippen LogP contribution in [-0.4, -0.2) is 10.7 Å². The highest BCUT2D eigenvalue weighted by Gasteiger charge is 2.54. The Hall–Kier alpha value is -1.85. The van der Waals surface area contributed by atoms with E-state index in [4.69, 9.17) is 11.6 Å². The van der Waals surface area contributed by atoms with Gasteiger partial charge in [-0.1, -0.05) is 43.0 Å². The van der Waals surface area contributed by atoms with Crippen molar-refractivity contribution in [3.05, 3.63) is 58.6 Å². The molecule has 1 heterocycles. The van der Waals surface area contributed by atoms with E-state index in [1.54, 1.807) is 12.1 Å². The molecule has 1 aliphatic carbocycles. The predicted molar refractivity (Wildman–Crippen MR) is 113 cm³/mol. The Balaban J connectivity index is 1.87. The largest absolute Gasteiger partial charge is 0.390 e. The summed E-state index contributed by atoms with van der Waals surface area (Å²) in [6, 6.07) is 9.77. The van der Waals surface area contributed by atoms with Gasteiger partial charge in [0.05, 0.1) is 17.0 Å². The molecule has 156 valence electrons. The highest BCUT2D eigenvalue weighted by atomic mass is 35.5. The molecule has 0 aromatic heterocycles. The quantitative estimate of drug-likeness (QED) is 0.545. The first-order chi connectivity index (χ1) is 13.7. The minimum Gasteiger partial charge on any atom is -0.390 e. The van der Waals surface area contributed by atoms with Gasteiger partial charge in [-0.25, -0.2) is 8.78 Å². The van der Waals surface area contributed by atoms with Crippen molar-refractivity contribution in [2.24, 2.45) is 11.8 Å². The third kappa shape index (κ3) is 3.71. The minimum atomic E-state index is -1.04. The normalized spacial score (nSPS) is 19.9. The average Bonchev–Trinajstić information content (AvgIpc) is 3.01. The van der Waals surface area contributed by atoms with Crippen LogP contribution in [0.15, 0.2) is 36.4 Å². The second-order valence-electron chi connectivity index (χ2n) is 8.91. The van der Waals surface area contributed by atoms with Crippen molar-refractivity contribution in [2.75, 3.05) is 10.6 Å². The van der Waals surface area contributed by atoms with Crippen molar-refractivity contribution in [1.29, 1.82) is 0 Å². The van der Waals surface area contributed by atoms with Gasteiger partial charge in [0.2, 0.25) is 0 Å². The SMILES string of the molecule is CC(C)(O)C(C1CCCCC1)C1(c2ccc(Cl)cc2)Nc2cc(F)c(F)cc2N1. The van der Waals surface area contributed by atoms with Crippen LogP contribution in [0.2, 0.25) is 5.02 Å². The lowest BCUT2D eigenvalue weighted by Crippen LogP contribution is -2.57. The van der Waals surface area contributed by atoms with Gasteiger partial charge in [0, 0.05) is 23.1 Å². The van der Waals surface area contributed by atoms with E-state index >= 15 is 0 Å². The summed E-state index contributed by atoms with van der Waals surface area (Å²) in [6.07, 6.45) is 5.44. The molecular formula is C23H27ClF2N2O. The van der Waals surface area contributed by atoms with E-state index in [1.165, 1.54) is 18.6 Å². The van der Waals surface area contributed by atoms with E-state index in [-0.39, 0.29) is 11.8 Å². The number of hydrogen-bond acceptors (Lipinski definition) is 3. The maximum absolute atomic E-state index is 14.0. The Labute approximate surface area is 175 Å². The van der Waals surface area contributed by atoms with E-state index in [2.05, 4.69) is 10.6 Å². The van der Waals surface area contributed by atoms with E-state index < -0.39 is 22.9 Å². The molecule has 1 saturated carbocycles. The number of nitrogens with one attached hydrogen (secondary N) is 2. The number of rotatable bonds is 4. The fourth-order valence-electron chi connectivity index (χ4n) is 5.33. The second kappa shape index (κ2) is 7.44. The van der Waals surface area contributed by atoms with Crippen LogP contribution in [0, 0.1) is 23.5 Å². The fraction of sp³-hybridized carbons (Fsp3) is 0.478. The van der Waals surface area contributed by atoms with Crippen LogP contribution in [0.3, 0.4) is 0 Å². The molecule has 0 saturated heterocycles. The summed E-state index contributed by atoms with van der Waals surface area (Å²) in [5.74, 6) is -1.79. The predicted octanol–water partition coefficient (Wildman–Crippen LogP) is 6.28. The zero-order valence-corrected chi connectivity index (χ0v) is 17.5. The lowest BCUT2D eigenvalue weighted by molar-refractivity contribution is -0.0467. The zero-order chi connectivity index (χ0) is 20.8. The summed E-state index contributed by atoms with van der Waals surface area (Å²) in [5.41, 5.74) is -0.0989. The number of anilines is 2. The number of halogens is 3. The zero-order valence-electron chi connectivity index (χ0n) is 16.7. The molecule has 1 fully saturated rings. The van der Waals surface area contributed by atoms with Gasteiger partial charge < -0.3 is 15.7 Å². The van der Waals surface area contributed by atoms with Crippen molar-refractivity contribution in [3.63, 3.8) is 0 Å². The molecular weight excluding hydrogens is 394 g/mol. The molecule has 6 heteroatoms. The van der Waals surface area contributed by atoms with Crippen molar-refractivity contribution >= 4 is 23.0 Å². The van der Waals surface area contributed by atoms with Crippen molar-refractivity contribution in [1.82, 2.24) is 0 Å². The Morgan fingerprint density at radius 3 is 2.00 bits per heavy atom. The molecule has 1 unspecified atom stereocenters. The summed E-state index contributed by atoms with van der Waals surface area (Å²) < 4.78 is 27.9. The summed E-state index contributed by atoms with van der Waals surface area (Å²) in [4.78, 5) is 0. The first kappa shape index (κ1) is 20.4. The van der Waals surface area contributed by atoms with Crippen LogP contribution in [0.25, 0.3) is 0 Å². The number of benzene rings is 2. The number of aliphatic hydroxyl groups is 1. The van der Waals surface area contributed by atoms with E-state index in [1.807, 2.05) is 26.0 Å². The smallest absolute Gasteiger partial charge is 0.161 e. The molecule has 0 amide bonds. The van der Waals surface area contributed by atoms with Crippen LogP contribution >= 0.6 is 11.6 Å². The molecule has 0 radical (unpaired) electrons. The summed E-state index contributed by atoms with van der Waals surface area (Å²) >= 11 is 6.12. The Bertz CT molecular complexity index is 858.